The number of nitrogens with zero attached hydrogens (tertiary/aromatic N) is 3. The zero-order valence-electron chi connectivity index (χ0n) is 15.1. The fourth-order valence-corrected chi connectivity index (χ4v) is 3.78. The third-order valence-corrected chi connectivity index (χ3v) is 5.29. The number of thioether (sulfide) groups is 1. The Hall–Kier alpha value is -2.60. The van der Waals surface area contributed by atoms with E-state index in [9.17, 15) is 4.79 Å². The molecule has 2 aromatic carbocycles. The molecule has 0 aliphatic heterocycles. The molecule has 1 atom stereocenters. The van der Waals surface area contributed by atoms with Gasteiger partial charge >= 0.3 is 0 Å². The molecule has 6 heteroatoms. The first-order chi connectivity index (χ1) is 12.6. The summed E-state index contributed by atoms with van der Waals surface area (Å²) in [5, 5.41) is 12.5. The summed E-state index contributed by atoms with van der Waals surface area (Å²) in [5.41, 5.74) is 2.56. The summed E-state index contributed by atoms with van der Waals surface area (Å²) >= 11 is 1.67. The highest BCUT2D eigenvalue weighted by atomic mass is 32.2. The van der Waals surface area contributed by atoms with Gasteiger partial charge in [0.15, 0.2) is 5.16 Å². The fourth-order valence-electron chi connectivity index (χ4n) is 2.70. The molecule has 3 aromatic rings. The van der Waals surface area contributed by atoms with Crippen molar-refractivity contribution in [3.63, 3.8) is 0 Å². The summed E-state index contributed by atoms with van der Waals surface area (Å²) in [7, 11) is 0. The van der Waals surface area contributed by atoms with Gasteiger partial charge in [-0.15, -0.1) is 10.2 Å². The molecule has 0 saturated heterocycles. The van der Waals surface area contributed by atoms with E-state index in [4.69, 9.17) is 0 Å². The van der Waals surface area contributed by atoms with Crippen LogP contribution in [0.25, 0.3) is 0 Å². The summed E-state index contributed by atoms with van der Waals surface area (Å²) in [6.45, 7) is 7.03. The number of hydrogen-bond donors (Lipinski definition) is 1. The summed E-state index contributed by atoms with van der Waals surface area (Å²) in [5.74, 6) is 0.815. The van der Waals surface area contributed by atoms with Gasteiger partial charge in [-0.05, 0) is 50.6 Å². The molecular weight excluding hydrogens is 344 g/mol. The minimum Gasteiger partial charge on any atom is -0.322 e. The van der Waals surface area contributed by atoms with Crippen molar-refractivity contribution in [3.8, 4) is 0 Å². The predicted molar refractivity (Wildman–Crippen MR) is 106 cm³/mol. The van der Waals surface area contributed by atoms with Crippen molar-refractivity contribution in [2.24, 2.45) is 0 Å². The number of amides is 1. The largest absolute Gasteiger partial charge is 0.322 e. The lowest BCUT2D eigenvalue weighted by molar-refractivity contribution is 0.102. The number of aryl methyl sites for hydroxylation is 1. The molecule has 1 aromatic heterocycles. The van der Waals surface area contributed by atoms with E-state index in [1.54, 1.807) is 23.9 Å². The van der Waals surface area contributed by atoms with E-state index in [0.717, 1.165) is 28.8 Å². The monoisotopic (exact) mass is 366 g/mol. The van der Waals surface area contributed by atoms with Crippen molar-refractivity contribution in [1.29, 1.82) is 0 Å². The van der Waals surface area contributed by atoms with Crippen LogP contribution in [0.2, 0.25) is 0 Å². The van der Waals surface area contributed by atoms with Gasteiger partial charge in [0.1, 0.15) is 5.82 Å². The summed E-state index contributed by atoms with van der Waals surface area (Å²) in [4.78, 5) is 12.3. The van der Waals surface area contributed by atoms with E-state index in [1.165, 1.54) is 0 Å². The topological polar surface area (TPSA) is 59.8 Å². The molecule has 1 heterocycles. The molecule has 0 bridgehead atoms. The van der Waals surface area contributed by atoms with E-state index in [-0.39, 0.29) is 11.2 Å². The maximum absolute atomic E-state index is 12.3. The Bertz CT molecular complexity index is 892. The van der Waals surface area contributed by atoms with Gasteiger partial charge in [0.25, 0.3) is 5.91 Å². The highest BCUT2D eigenvalue weighted by molar-refractivity contribution is 7.99. The number of benzene rings is 2. The average Bonchev–Trinajstić information content (AvgIpc) is 3.02. The lowest BCUT2D eigenvalue weighted by Crippen LogP contribution is -2.11. The highest BCUT2D eigenvalue weighted by Gasteiger charge is 2.15. The van der Waals surface area contributed by atoms with Crippen molar-refractivity contribution in [2.45, 2.75) is 37.7 Å². The minimum atomic E-state index is -0.107. The molecule has 3 rings (SSSR count). The Balaban J connectivity index is 1.73. The van der Waals surface area contributed by atoms with Crippen molar-refractivity contribution >= 4 is 23.4 Å². The molecule has 1 unspecified atom stereocenters. The van der Waals surface area contributed by atoms with Gasteiger partial charge < -0.3 is 9.88 Å². The third-order valence-electron chi connectivity index (χ3n) is 4.15. The molecule has 1 amide bonds. The van der Waals surface area contributed by atoms with Crippen LogP contribution in [0.15, 0.2) is 59.8 Å². The van der Waals surface area contributed by atoms with Gasteiger partial charge in [0, 0.05) is 23.0 Å². The van der Waals surface area contributed by atoms with Crippen LogP contribution >= 0.6 is 11.8 Å². The predicted octanol–water partition coefficient (Wildman–Crippen LogP) is 4.71. The Morgan fingerprint density at radius 2 is 1.92 bits per heavy atom. The minimum absolute atomic E-state index is 0.107. The Kier molecular flexibility index (Phi) is 5.73. The molecule has 1 N–H and O–H groups in total. The molecule has 0 spiro atoms. The van der Waals surface area contributed by atoms with E-state index < -0.39 is 0 Å². The average molecular weight is 366 g/mol. The Labute approximate surface area is 157 Å². The highest BCUT2D eigenvalue weighted by Crippen LogP contribution is 2.34. The van der Waals surface area contributed by atoms with Crippen molar-refractivity contribution in [3.05, 3.63) is 71.5 Å². The van der Waals surface area contributed by atoms with Crippen LogP contribution in [0.4, 0.5) is 5.69 Å². The number of anilines is 1. The maximum atomic E-state index is 12.3. The first-order valence-electron chi connectivity index (χ1n) is 8.61. The van der Waals surface area contributed by atoms with Gasteiger partial charge in [-0.2, -0.15) is 0 Å². The number of carbonyl (C=O) groups excluding carboxylic acids is 1. The van der Waals surface area contributed by atoms with Gasteiger partial charge in [0.2, 0.25) is 0 Å². The van der Waals surface area contributed by atoms with Gasteiger partial charge in [-0.25, -0.2) is 0 Å². The Morgan fingerprint density at radius 1 is 1.15 bits per heavy atom. The van der Waals surface area contributed by atoms with E-state index in [0.29, 0.717) is 5.56 Å². The summed E-state index contributed by atoms with van der Waals surface area (Å²) in [6.07, 6.45) is 0. The zero-order chi connectivity index (χ0) is 18.5. The second-order valence-corrected chi connectivity index (χ2v) is 7.29. The number of aromatic nitrogens is 3. The normalized spacial score (nSPS) is 12.0. The van der Waals surface area contributed by atoms with Crippen LogP contribution in [-0.2, 0) is 6.54 Å². The van der Waals surface area contributed by atoms with Gasteiger partial charge in [-0.1, -0.05) is 42.1 Å². The number of hydrogen-bond acceptors (Lipinski definition) is 4. The van der Waals surface area contributed by atoms with Crippen LogP contribution in [-0.4, -0.2) is 20.7 Å². The summed E-state index contributed by atoms with van der Waals surface area (Å²) < 4.78 is 2.10. The van der Waals surface area contributed by atoms with Crippen LogP contribution in [0, 0.1) is 6.92 Å². The molecule has 26 heavy (non-hydrogen) atoms. The van der Waals surface area contributed by atoms with Crippen LogP contribution < -0.4 is 5.32 Å². The van der Waals surface area contributed by atoms with E-state index in [1.807, 2.05) is 43.3 Å². The second kappa shape index (κ2) is 8.19. The lowest BCUT2D eigenvalue weighted by Gasteiger charge is -2.14. The first-order valence-corrected chi connectivity index (χ1v) is 9.49. The molecule has 5 nitrogen and oxygen atoms in total. The standard InChI is InChI=1S/C20H22N4OS/c1-4-24-15(3)22-23-20(24)26-14(2)17-11-8-12-18(13-17)21-19(25)16-9-6-5-7-10-16/h5-14H,4H2,1-3H3,(H,21,25). The molecule has 0 radical (unpaired) electrons. The fraction of sp³-hybridized carbons (Fsp3) is 0.250. The number of rotatable bonds is 6. The number of carbonyl (C=O) groups is 1. The molecule has 0 aliphatic carbocycles. The molecule has 0 saturated carbocycles. The maximum Gasteiger partial charge on any atom is 0.255 e. The lowest BCUT2D eigenvalue weighted by atomic mass is 10.1. The Morgan fingerprint density at radius 3 is 2.65 bits per heavy atom. The quantitative estimate of drug-likeness (QED) is 0.642. The molecular formula is C20H22N4OS. The summed E-state index contributed by atoms with van der Waals surface area (Å²) in [6, 6.07) is 17.2. The van der Waals surface area contributed by atoms with Gasteiger partial charge in [0.05, 0.1) is 0 Å². The van der Waals surface area contributed by atoms with Crippen LogP contribution in [0.1, 0.15) is 40.8 Å². The van der Waals surface area contributed by atoms with E-state index in [2.05, 4.69) is 40.0 Å². The first kappa shape index (κ1) is 18.2. The van der Waals surface area contributed by atoms with Gasteiger partial charge in [-0.3, -0.25) is 4.79 Å². The smallest absolute Gasteiger partial charge is 0.255 e. The molecule has 0 fully saturated rings. The third kappa shape index (κ3) is 4.14. The zero-order valence-corrected chi connectivity index (χ0v) is 16.0. The number of nitrogens with one attached hydrogen (secondary N) is 1. The second-order valence-electron chi connectivity index (χ2n) is 5.98. The van der Waals surface area contributed by atoms with Crippen molar-refractivity contribution in [2.75, 3.05) is 5.32 Å². The SMILES string of the molecule is CCn1c(C)nnc1SC(C)c1cccc(NC(=O)c2ccccc2)c1. The van der Waals surface area contributed by atoms with Crippen molar-refractivity contribution in [1.82, 2.24) is 14.8 Å². The van der Waals surface area contributed by atoms with Crippen molar-refractivity contribution < 1.29 is 4.79 Å². The molecule has 0 aliphatic rings. The van der Waals surface area contributed by atoms with Crippen LogP contribution in [0.5, 0.6) is 0 Å². The van der Waals surface area contributed by atoms with Crippen LogP contribution in [0.3, 0.4) is 0 Å². The molecule has 134 valence electrons. The van der Waals surface area contributed by atoms with E-state index >= 15 is 0 Å².